The zero-order valence-electron chi connectivity index (χ0n) is 11.5. The molecule has 0 amide bonds. The molecule has 2 aromatic rings. The first kappa shape index (κ1) is 15.0. The van der Waals surface area contributed by atoms with E-state index in [9.17, 15) is 13.2 Å². The van der Waals surface area contributed by atoms with Gasteiger partial charge in [-0.05, 0) is 18.2 Å². The van der Waals surface area contributed by atoms with Gasteiger partial charge in [0, 0.05) is 24.2 Å². The van der Waals surface area contributed by atoms with E-state index in [1.807, 2.05) is 0 Å². The minimum atomic E-state index is -1.24. The molecule has 0 atom stereocenters. The lowest BCUT2D eigenvalue weighted by Gasteiger charge is -2.13. The minimum Gasteiger partial charge on any atom is -0.497 e. The van der Waals surface area contributed by atoms with Crippen LogP contribution in [0.4, 0.5) is 18.9 Å². The van der Waals surface area contributed by atoms with Crippen LogP contribution in [0.25, 0.3) is 0 Å². The molecule has 0 aliphatic rings. The molecule has 112 valence electrons. The average Bonchev–Trinajstić information content (AvgIpc) is 2.49. The summed E-state index contributed by atoms with van der Waals surface area (Å²) in [6, 6.07) is 6.49. The van der Waals surface area contributed by atoms with Crippen LogP contribution < -0.4 is 14.8 Å². The zero-order valence-corrected chi connectivity index (χ0v) is 11.5. The van der Waals surface area contributed by atoms with Crippen molar-refractivity contribution in [2.45, 2.75) is 6.54 Å². The number of halogens is 3. The highest BCUT2D eigenvalue weighted by Crippen LogP contribution is 2.26. The summed E-state index contributed by atoms with van der Waals surface area (Å²) in [6.07, 6.45) is 0. The van der Waals surface area contributed by atoms with Crippen LogP contribution in [0.3, 0.4) is 0 Å². The second-order valence-electron chi connectivity index (χ2n) is 4.28. The molecular weight excluding hydrogens is 283 g/mol. The maximum absolute atomic E-state index is 13.6. The van der Waals surface area contributed by atoms with E-state index in [-0.39, 0.29) is 12.2 Å². The average molecular weight is 297 g/mol. The molecule has 0 radical (unpaired) electrons. The first-order valence-electron chi connectivity index (χ1n) is 6.14. The molecule has 0 saturated carbocycles. The fraction of sp³-hybridized carbons (Fsp3) is 0.200. The largest absolute Gasteiger partial charge is 0.497 e. The van der Waals surface area contributed by atoms with Gasteiger partial charge in [0.2, 0.25) is 0 Å². The van der Waals surface area contributed by atoms with Gasteiger partial charge in [0.25, 0.3) is 0 Å². The van der Waals surface area contributed by atoms with Crippen LogP contribution in [0.15, 0.2) is 30.3 Å². The van der Waals surface area contributed by atoms with Gasteiger partial charge >= 0.3 is 0 Å². The lowest BCUT2D eigenvalue weighted by atomic mass is 10.1. The van der Waals surface area contributed by atoms with Crippen molar-refractivity contribution < 1.29 is 22.6 Å². The molecule has 0 fully saturated rings. The van der Waals surface area contributed by atoms with E-state index >= 15 is 0 Å². The number of benzene rings is 2. The summed E-state index contributed by atoms with van der Waals surface area (Å²) in [5.74, 6) is -2.07. The molecule has 0 spiro atoms. The summed E-state index contributed by atoms with van der Waals surface area (Å²) in [4.78, 5) is 0. The predicted molar refractivity (Wildman–Crippen MR) is 73.2 cm³/mol. The topological polar surface area (TPSA) is 30.5 Å². The van der Waals surface area contributed by atoms with E-state index < -0.39 is 17.5 Å². The van der Waals surface area contributed by atoms with Crippen molar-refractivity contribution in [2.24, 2.45) is 0 Å². The monoisotopic (exact) mass is 297 g/mol. The Labute approximate surface area is 120 Å². The number of ether oxygens (including phenoxy) is 2. The molecule has 21 heavy (non-hydrogen) atoms. The summed E-state index contributed by atoms with van der Waals surface area (Å²) in [6.45, 7) is 0.125. The smallest absolute Gasteiger partial charge is 0.182 e. The Morgan fingerprint density at radius 3 is 2.43 bits per heavy atom. The Kier molecular flexibility index (Phi) is 4.57. The molecule has 0 saturated heterocycles. The van der Waals surface area contributed by atoms with Crippen molar-refractivity contribution >= 4 is 5.69 Å². The Morgan fingerprint density at radius 2 is 1.76 bits per heavy atom. The van der Waals surface area contributed by atoms with Gasteiger partial charge in [-0.25, -0.2) is 13.2 Å². The van der Waals surface area contributed by atoms with Crippen LogP contribution in [0.2, 0.25) is 0 Å². The number of anilines is 1. The van der Waals surface area contributed by atoms with Gasteiger partial charge in [-0.1, -0.05) is 0 Å². The number of nitrogens with one attached hydrogen (secondary N) is 1. The minimum absolute atomic E-state index is 0.125. The maximum atomic E-state index is 13.6. The summed E-state index contributed by atoms with van der Waals surface area (Å²) in [7, 11) is 3.01. The summed E-state index contributed by atoms with van der Waals surface area (Å²) in [5, 5.41) is 2.65. The van der Waals surface area contributed by atoms with E-state index in [2.05, 4.69) is 5.32 Å². The van der Waals surface area contributed by atoms with Crippen LogP contribution >= 0.6 is 0 Å². The van der Waals surface area contributed by atoms with Crippen LogP contribution in [0, 0.1) is 17.5 Å². The van der Waals surface area contributed by atoms with Gasteiger partial charge in [0.15, 0.2) is 11.6 Å². The number of methoxy groups -OCH3 is 2. The Morgan fingerprint density at radius 1 is 1.00 bits per heavy atom. The van der Waals surface area contributed by atoms with Gasteiger partial charge in [-0.15, -0.1) is 0 Å². The first-order chi connectivity index (χ1) is 10.0. The molecule has 0 aliphatic carbocycles. The van der Waals surface area contributed by atoms with E-state index in [0.717, 1.165) is 6.07 Å². The molecule has 3 nitrogen and oxygen atoms in total. The number of hydrogen-bond acceptors (Lipinski definition) is 3. The van der Waals surface area contributed by atoms with Crippen molar-refractivity contribution in [3.8, 4) is 11.5 Å². The van der Waals surface area contributed by atoms with Gasteiger partial charge in [-0.3, -0.25) is 0 Å². The Hall–Kier alpha value is -2.37. The maximum Gasteiger partial charge on any atom is 0.182 e. The van der Waals surface area contributed by atoms with E-state index in [0.29, 0.717) is 23.1 Å². The highest BCUT2D eigenvalue weighted by molar-refractivity contribution is 5.48. The van der Waals surface area contributed by atoms with Crippen LogP contribution in [0.1, 0.15) is 5.56 Å². The lowest BCUT2D eigenvalue weighted by Crippen LogP contribution is -2.05. The van der Waals surface area contributed by atoms with Gasteiger partial charge in [0.05, 0.1) is 19.9 Å². The van der Waals surface area contributed by atoms with Crippen molar-refractivity contribution in [3.63, 3.8) is 0 Å². The van der Waals surface area contributed by atoms with E-state index in [1.165, 1.54) is 14.2 Å². The summed E-state index contributed by atoms with van der Waals surface area (Å²) in [5.41, 5.74) is 0.415. The van der Waals surface area contributed by atoms with Gasteiger partial charge in [0.1, 0.15) is 17.3 Å². The normalized spacial score (nSPS) is 10.3. The lowest BCUT2D eigenvalue weighted by molar-refractivity contribution is 0.399. The van der Waals surface area contributed by atoms with Crippen LogP contribution in [-0.4, -0.2) is 14.2 Å². The highest BCUT2D eigenvalue weighted by atomic mass is 19.2. The van der Waals surface area contributed by atoms with Crippen molar-refractivity contribution in [1.82, 2.24) is 0 Å². The van der Waals surface area contributed by atoms with E-state index in [4.69, 9.17) is 9.47 Å². The molecule has 0 heterocycles. The Balaban J connectivity index is 2.23. The van der Waals surface area contributed by atoms with E-state index in [1.54, 1.807) is 18.2 Å². The second kappa shape index (κ2) is 6.39. The highest BCUT2D eigenvalue weighted by Gasteiger charge is 2.12. The molecule has 2 aromatic carbocycles. The van der Waals surface area contributed by atoms with Crippen LogP contribution in [-0.2, 0) is 6.54 Å². The summed E-state index contributed by atoms with van der Waals surface area (Å²) < 4.78 is 50.1. The molecule has 0 bridgehead atoms. The third-order valence-corrected chi connectivity index (χ3v) is 2.95. The van der Waals surface area contributed by atoms with Crippen molar-refractivity contribution in [2.75, 3.05) is 19.5 Å². The van der Waals surface area contributed by atoms with Crippen molar-refractivity contribution in [1.29, 1.82) is 0 Å². The number of rotatable bonds is 5. The predicted octanol–water partition coefficient (Wildman–Crippen LogP) is 3.73. The van der Waals surface area contributed by atoms with Gasteiger partial charge in [-0.2, -0.15) is 0 Å². The molecule has 0 unspecified atom stereocenters. The quantitative estimate of drug-likeness (QED) is 0.853. The fourth-order valence-corrected chi connectivity index (χ4v) is 1.90. The molecule has 2 rings (SSSR count). The third-order valence-electron chi connectivity index (χ3n) is 2.95. The number of hydrogen-bond donors (Lipinski definition) is 1. The molecule has 1 N–H and O–H groups in total. The van der Waals surface area contributed by atoms with Crippen molar-refractivity contribution in [3.05, 3.63) is 53.3 Å². The molecule has 0 aliphatic heterocycles. The zero-order chi connectivity index (χ0) is 15.4. The second-order valence-corrected chi connectivity index (χ2v) is 4.28. The standard InChI is InChI=1S/C15H14F3NO2/c1-20-11-3-4-14(21-2)9(5-11)8-19-13-7-10(16)6-12(17)15(13)18/h3-7,19H,8H2,1-2H3. The molecule has 0 aromatic heterocycles. The van der Waals surface area contributed by atoms with Crippen LogP contribution in [0.5, 0.6) is 11.5 Å². The fourth-order valence-electron chi connectivity index (χ4n) is 1.90. The third kappa shape index (κ3) is 3.39. The molecule has 6 heteroatoms. The molecular formula is C15H14F3NO2. The SMILES string of the molecule is COc1ccc(OC)c(CNc2cc(F)cc(F)c2F)c1. The van der Waals surface area contributed by atoms with Gasteiger partial charge < -0.3 is 14.8 Å². The first-order valence-corrected chi connectivity index (χ1v) is 6.14. The Bertz CT molecular complexity index is 647. The summed E-state index contributed by atoms with van der Waals surface area (Å²) >= 11 is 0.